The van der Waals surface area contributed by atoms with E-state index in [4.69, 9.17) is 18.7 Å². The van der Waals surface area contributed by atoms with Crippen LogP contribution >= 0.6 is 0 Å². The zero-order valence-electron chi connectivity index (χ0n) is 19.3. The van der Waals surface area contributed by atoms with E-state index in [1.807, 2.05) is 30.3 Å². The monoisotopic (exact) mass is 449 g/mol. The van der Waals surface area contributed by atoms with Gasteiger partial charge in [-0.1, -0.05) is 51.1 Å². The number of aliphatic hydroxyl groups excluding tert-OH is 1. The summed E-state index contributed by atoms with van der Waals surface area (Å²) in [5.74, 6) is 0.467. The summed E-state index contributed by atoms with van der Waals surface area (Å²) in [6.07, 6.45) is -0.670. The van der Waals surface area contributed by atoms with Crippen molar-refractivity contribution in [1.29, 1.82) is 0 Å². The number of hydroxylamine groups is 1. The lowest BCUT2D eigenvalue weighted by molar-refractivity contribution is -0.276. The second-order valence-corrected chi connectivity index (χ2v) is 14.6. The third-order valence-corrected chi connectivity index (χ3v) is 11.2. The molecule has 1 unspecified atom stereocenters. The Bertz CT molecular complexity index is 806. The molecule has 2 bridgehead atoms. The zero-order valence-corrected chi connectivity index (χ0v) is 20.3. The van der Waals surface area contributed by atoms with Gasteiger partial charge in [-0.15, -0.1) is 0 Å². The molecule has 172 valence electrons. The zero-order chi connectivity index (χ0) is 22.9. The predicted molar refractivity (Wildman–Crippen MR) is 119 cm³/mol. The SMILES string of the molecule is CO[C@@H]1CC(C=O)=C2OC1(NOCc1ccccc1)[C@@H](O)C[C@@H]2O[Si](C)(C)C(C)(C)C. The Kier molecular flexibility index (Phi) is 7.10. The van der Waals surface area contributed by atoms with Crippen molar-refractivity contribution >= 4 is 14.6 Å². The van der Waals surface area contributed by atoms with Gasteiger partial charge in [-0.05, 0) is 23.7 Å². The normalized spacial score (nSPS) is 28.9. The van der Waals surface area contributed by atoms with Gasteiger partial charge in [-0.2, -0.15) is 5.48 Å². The number of carbonyl (C=O) groups excluding carboxylic acids is 1. The van der Waals surface area contributed by atoms with Crippen molar-refractivity contribution < 1.29 is 28.6 Å². The van der Waals surface area contributed by atoms with E-state index in [9.17, 15) is 9.90 Å². The molecule has 4 atom stereocenters. The second-order valence-electron chi connectivity index (χ2n) is 9.83. The molecule has 2 aliphatic rings. The third kappa shape index (κ3) is 4.79. The largest absolute Gasteiger partial charge is 0.466 e. The van der Waals surface area contributed by atoms with Crippen LogP contribution in [0.5, 0.6) is 0 Å². The van der Waals surface area contributed by atoms with Crippen LogP contribution in [-0.4, -0.2) is 50.9 Å². The van der Waals surface area contributed by atoms with E-state index in [1.165, 1.54) is 7.11 Å². The maximum atomic E-state index is 11.9. The quantitative estimate of drug-likeness (QED) is 0.357. The number of carbonyl (C=O) groups is 1. The van der Waals surface area contributed by atoms with Crippen molar-refractivity contribution in [1.82, 2.24) is 5.48 Å². The molecular weight excluding hydrogens is 414 g/mol. The Hall–Kier alpha value is -1.55. The minimum Gasteiger partial charge on any atom is -0.466 e. The van der Waals surface area contributed by atoms with Gasteiger partial charge >= 0.3 is 0 Å². The number of hydrogen-bond donors (Lipinski definition) is 2. The van der Waals surface area contributed by atoms with E-state index in [1.54, 1.807) is 0 Å². The van der Waals surface area contributed by atoms with Crippen LogP contribution in [0, 0.1) is 0 Å². The van der Waals surface area contributed by atoms with Crippen LogP contribution in [0.4, 0.5) is 0 Å². The Balaban J connectivity index is 1.85. The van der Waals surface area contributed by atoms with E-state index >= 15 is 0 Å². The molecule has 0 spiro atoms. The number of nitrogens with one attached hydrogen (secondary N) is 1. The Labute approximate surface area is 185 Å². The summed E-state index contributed by atoms with van der Waals surface area (Å²) in [5, 5.41) is 11.2. The predicted octanol–water partition coefficient (Wildman–Crippen LogP) is 3.45. The lowest BCUT2D eigenvalue weighted by Crippen LogP contribution is -2.69. The third-order valence-electron chi connectivity index (χ3n) is 6.69. The summed E-state index contributed by atoms with van der Waals surface area (Å²) < 4.78 is 18.4. The highest BCUT2D eigenvalue weighted by molar-refractivity contribution is 6.74. The molecule has 1 aromatic rings. The van der Waals surface area contributed by atoms with Crippen molar-refractivity contribution in [2.45, 2.75) is 82.4 Å². The molecule has 31 heavy (non-hydrogen) atoms. The standard InChI is InChI=1S/C23H35NO6Si/c1-22(2,3)31(5,6)30-18-13-19(26)23(24-28-15-16-10-8-7-9-11-16)20(27-4)12-17(14-25)21(18)29-23/h7-11,14,18-20,24,26H,12-13,15H2,1-6H3/t18-,19-,20+,23?/m0/s1. The van der Waals surface area contributed by atoms with E-state index in [-0.39, 0.29) is 11.5 Å². The summed E-state index contributed by atoms with van der Waals surface area (Å²) in [5.41, 5.74) is 3.09. The summed E-state index contributed by atoms with van der Waals surface area (Å²) in [6.45, 7) is 11.0. The van der Waals surface area contributed by atoms with E-state index in [2.05, 4.69) is 39.3 Å². The first-order valence-electron chi connectivity index (χ1n) is 10.7. The molecule has 3 rings (SSSR count). The molecule has 1 saturated heterocycles. The number of rotatable bonds is 8. The van der Waals surface area contributed by atoms with Gasteiger partial charge in [0.25, 0.3) is 0 Å². The lowest BCUT2D eigenvalue weighted by Gasteiger charge is -2.53. The van der Waals surface area contributed by atoms with Crippen LogP contribution in [-0.2, 0) is 30.1 Å². The van der Waals surface area contributed by atoms with Crippen LogP contribution in [0.3, 0.4) is 0 Å². The van der Waals surface area contributed by atoms with Gasteiger partial charge < -0.3 is 19.0 Å². The number of aldehydes is 1. The number of fused-ring (bicyclic) bond motifs is 2. The maximum Gasteiger partial charge on any atom is 0.234 e. The topological polar surface area (TPSA) is 86.3 Å². The first kappa shape index (κ1) is 24.1. The molecule has 1 aromatic carbocycles. The highest BCUT2D eigenvalue weighted by Gasteiger charge is 2.58. The van der Waals surface area contributed by atoms with Gasteiger partial charge in [0.05, 0.1) is 6.61 Å². The van der Waals surface area contributed by atoms with Crippen LogP contribution < -0.4 is 5.48 Å². The molecule has 0 amide bonds. The smallest absolute Gasteiger partial charge is 0.234 e. The molecule has 0 aromatic heterocycles. The van der Waals surface area contributed by atoms with Crippen LogP contribution in [0.1, 0.15) is 39.2 Å². The fraction of sp³-hybridized carbons (Fsp3) is 0.609. The number of hydrogen-bond acceptors (Lipinski definition) is 7. The summed E-state index contributed by atoms with van der Waals surface area (Å²) >= 11 is 0. The van der Waals surface area contributed by atoms with Gasteiger partial charge in [0.1, 0.15) is 30.4 Å². The Morgan fingerprint density at radius 1 is 1.29 bits per heavy atom. The highest BCUT2D eigenvalue weighted by Crippen LogP contribution is 2.46. The average Bonchev–Trinajstić information content (AvgIpc) is 2.71. The first-order valence-corrected chi connectivity index (χ1v) is 13.6. The van der Waals surface area contributed by atoms with Crippen molar-refractivity contribution in [3.05, 3.63) is 47.2 Å². The van der Waals surface area contributed by atoms with Crippen molar-refractivity contribution in [2.75, 3.05) is 7.11 Å². The van der Waals surface area contributed by atoms with Crippen molar-refractivity contribution in [3.8, 4) is 0 Å². The van der Waals surface area contributed by atoms with E-state index < -0.39 is 32.4 Å². The van der Waals surface area contributed by atoms with Crippen molar-refractivity contribution in [3.63, 3.8) is 0 Å². The fourth-order valence-corrected chi connectivity index (χ4v) is 5.03. The van der Waals surface area contributed by atoms with Gasteiger partial charge in [0.2, 0.25) is 5.72 Å². The average molecular weight is 450 g/mol. The highest BCUT2D eigenvalue weighted by atomic mass is 28.4. The summed E-state index contributed by atoms with van der Waals surface area (Å²) in [4.78, 5) is 17.6. The first-order chi connectivity index (χ1) is 14.5. The fourth-order valence-electron chi connectivity index (χ4n) is 3.76. The van der Waals surface area contributed by atoms with Gasteiger partial charge in [-0.25, -0.2) is 0 Å². The minimum absolute atomic E-state index is 0.0187. The molecule has 1 fully saturated rings. The number of benzene rings is 1. The van der Waals surface area contributed by atoms with Crippen molar-refractivity contribution in [2.24, 2.45) is 0 Å². The molecule has 8 heteroatoms. The van der Waals surface area contributed by atoms with Gasteiger partial charge in [0.15, 0.2) is 8.32 Å². The molecule has 0 saturated carbocycles. The molecular formula is C23H35NO6Si. The number of ether oxygens (including phenoxy) is 2. The Morgan fingerprint density at radius 2 is 1.97 bits per heavy atom. The number of methoxy groups -OCH3 is 1. The van der Waals surface area contributed by atoms with Crippen LogP contribution in [0.25, 0.3) is 0 Å². The van der Waals surface area contributed by atoms with E-state index in [0.29, 0.717) is 24.4 Å². The lowest BCUT2D eigenvalue weighted by atomic mass is 9.83. The van der Waals surface area contributed by atoms with Crippen LogP contribution in [0.15, 0.2) is 41.7 Å². The molecule has 0 radical (unpaired) electrons. The van der Waals surface area contributed by atoms with Gasteiger partial charge in [0, 0.05) is 25.5 Å². The Morgan fingerprint density at radius 3 is 2.55 bits per heavy atom. The summed E-state index contributed by atoms with van der Waals surface area (Å²) in [6, 6.07) is 9.70. The van der Waals surface area contributed by atoms with Crippen LogP contribution in [0.2, 0.25) is 18.1 Å². The molecule has 0 aliphatic carbocycles. The molecule has 2 heterocycles. The molecule has 2 aliphatic heterocycles. The van der Waals surface area contributed by atoms with Gasteiger partial charge in [-0.3, -0.25) is 9.63 Å². The number of aliphatic hydroxyl groups is 1. The summed E-state index contributed by atoms with van der Waals surface area (Å²) in [7, 11) is -0.629. The second kappa shape index (κ2) is 9.13. The van der Waals surface area contributed by atoms with E-state index in [0.717, 1.165) is 11.8 Å². The molecule has 7 nitrogen and oxygen atoms in total. The minimum atomic E-state index is -2.16. The maximum absolute atomic E-state index is 11.9. The molecule has 2 N–H and O–H groups in total.